The summed E-state index contributed by atoms with van der Waals surface area (Å²) >= 11 is 0. The van der Waals surface area contributed by atoms with Crippen molar-refractivity contribution in [3.8, 4) is 17.0 Å². The minimum atomic E-state index is -1.32. The SMILES string of the molecule is [2H]C1C=CN(c2ccc3c(c2)c(C2CC2)cn3C2CCN(CC3(F)CCN(C(=O)c4ccc(C5CCCN(c6cc(-c7ccccc7O)nnc6N)C5)c(C)c4)CC3)CC2)[C@H]([2H])N1. The first-order valence-corrected chi connectivity index (χ1v) is 22.2. The molecule has 10 rings (SSSR count). The van der Waals surface area contributed by atoms with Crippen LogP contribution in [0.25, 0.3) is 22.2 Å². The molecule has 4 N–H and O–H groups in total. The topological polar surface area (TPSA) is 119 Å². The van der Waals surface area contributed by atoms with E-state index in [1.54, 1.807) is 18.2 Å². The number of likely N-dealkylation sites (tertiary alicyclic amines) is 2. The minimum absolute atomic E-state index is 0.0354. The molecule has 0 bridgehead atoms. The Kier molecular flexibility index (Phi) is 10.1. The molecule has 4 fully saturated rings. The first kappa shape index (κ1) is 37.3. The molecule has 5 aromatic rings. The van der Waals surface area contributed by atoms with Crippen LogP contribution < -0.4 is 20.9 Å². The van der Waals surface area contributed by atoms with Gasteiger partial charge in [-0.2, -0.15) is 0 Å². The lowest BCUT2D eigenvalue weighted by Gasteiger charge is -2.41. The van der Waals surface area contributed by atoms with Crippen LogP contribution in [0, 0.1) is 6.92 Å². The second kappa shape index (κ2) is 16.4. The van der Waals surface area contributed by atoms with Crippen molar-refractivity contribution in [1.29, 1.82) is 0 Å². The Morgan fingerprint density at radius 3 is 2.54 bits per heavy atom. The Labute approximate surface area is 360 Å². The van der Waals surface area contributed by atoms with E-state index in [-0.39, 0.29) is 17.6 Å². The van der Waals surface area contributed by atoms with Crippen LogP contribution in [-0.2, 0) is 0 Å². The molecule has 2 aromatic heterocycles. The van der Waals surface area contributed by atoms with Gasteiger partial charge in [0.2, 0.25) is 0 Å². The van der Waals surface area contributed by atoms with Crippen LogP contribution in [0.1, 0.15) is 99.0 Å². The number of alkyl halides is 1. The number of carbonyl (C=O) groups is 1. The van der Waals surface area contributed by atoms with E-state index in [4.69, 9.17) is 8.48 Å². The molecule has 6 heterocycles. The molecule has 0 radical (unpaired) electrons. The van der Waals surface area contributed by atoms with E-state index in [0.29, 0.717) is 67.1 Å². The van der Waals surface area contributed by atoms with Gasteiger partial charge in [-0.25, -0.2) is 4.39 Å². The van der Waals surface area contributed by atoms with E-state index in [1.807, 2.05) is 46.3 Å². The highest BCUT2D eigenvalue weighted by molar-refractivity contribution is 5.94. The number of hydrogen-bond donors (Lipinski definition) is 3. The summed E-state index contributed by atoms with van der Waals surface area (Å²) in [6.07, 6.45) is 13.0. The summed E-state index contributed by atoms with van der Waals surface area (Å²) in [7, 11) is 0. The van der Waals surface area contributed by atoms with E-state index in [2.05, 4.69) is 67.3 Å². The second-order valence-electron chi connectivity index (χ2n) is 18.0. The number of benzene rings is 3. The second-order valence-corrected chi connectivity index (χ2v) is 18.0. The summed E-state index contributed by atoms with van der Waals surface area (Å²) in [6.45, 7) is 5.27. The maximum Gasteiger partial charge on any atom is 0.253 e. The Balaban J connectivity index is 0.739. The number of amides is 1. The molecule has 61 heavy (non-hydrogen) atoms. The Morgan fingerprint density at radius 2 is 1.77 bits per heavy atom. The van der Waals surface area contributed by atoms with E-state index >= 15 is 4.39 Å². The zero-order valence-electron chi connectivity index (χ0n) is 37.0. The number of nitrogens with one attached hydrogen (secondary N) is 1. The van der Waals surface area contributed by atoms with Gasteiger partial charge in [0.05, 0.1) is 19.4 Å². The lowest BCUT2D eigenvalue weighted by molar-refractivity contribution is 0.0158. The summed E-state index contributed by atoms with van der Waals surface area (Å²) in [5.41, 5.74) is 13.5. The lowest BCUT2D eigenvalue weighted by Crippen LogP contribution is -2.51. The van der Waals surface area contributed by atoms with Crippen molar-refractivity contribution < 1.29 is 17.0 Å². The van der Waals surface area contributed by atoms with Crippen molar-refractivity contribution >= 4 is 34.0 Å². The number of phenolic OH excluding ortho intramolecular Hbond substituents is 1. The van der Waals surface area contributed by atoms with Crippen LogP contribution in [0.3, 0.4) is 0 Å². The van der Waals surface area contributed by atoms with Gasteiger partial charge in [0.25, 0.3) is 5.91 Å². The summed E-state index contributed by atoms with van der Waals surface area (Å²) in [5.74, 6) is 1.28. The molecular weight excluding hydrogens is 766 g/mol. The molecule has 0 spiro atoms. The number of aromatic hydroxyl groups is 1. The third-order valence-corrected chi connectivity index (χ3v) is 13.9. The van der Waals surface area contributed by atoms with Crippen LogP contribution in [0.15, 0.2) is 85.2 Å². The van der Waals surface area contributed by atoms with Crippen LogP contribution in [-0.4, -0.2) is 100 Å². The van der Waals surface area contributed by atoms with Gasteiger partial charge < -0.3 is 35.0 Å². The van der Waals surface area contributed by atoms with Crippen molar-refractivity contribution in [1.82, 2.24) is 29.9 Å². The molecule has 1 amide bonds. The monoisotopic (exact) mass is 825 g/mol. The van der Waals surface area contributed by atoms with E-state index in [9.17, 15) is 9.90 Å². The van der Waals surface area contributed by atoms with Crippen molar-refractivity contribution in [2.45, 2.75) is 81.8 Å². The van der Waals surface area contributed by atoms with E-state index in [1.165, 1.54) is 34.9 Å². The number of fused-ring (bicyclic) bond motifs is 1. The molecular formula is C49H58FN9O2. The number of carbonyl (C=O) groups excluding carboxylic acids is 1. The number of nitrogens with zero attached hydrogens (tertiary/aromatic N) is 7. The fraction of sp³-hybridized carbons (Fsp3) is 0.449. The average Bonchev–Trinajstić information content (AvgIpc) is 4.07. The minimum Gasteiger partial charge on any atom is -0.507 e. The third kappa shape index (κ3) is 8.08. The molecule has 5 aliphatic rings. The van der Waals surface area contributed by atoms with Gasteiger partial charge in [0.1, 0.15) is 11.4 Å². The predicted octanol–water partition coefficient (Wildman–Crippen LogP) is 8.12. The van der Waals surface area contributed by atoms with Gasteiger partial charge in [-0.05, 0) is 117 Å². The zero-order chi connectivity index (χ0) is 43.4. The molecule has 3 aromatic carbocycles. The third-order valence-electron chi connectivity index (χ3n) is 13.9. The number of nitrogen functional groups attached to an aromatic ring is 1. The molecule has 3 saturated heterocycles. The first-order valence-electron chi connectivity index (χ1n) is 23.3. The number of aryl methyl sites for hydroxylation is 1. The molecule has 3 atom stereocenters. The van der Waals surface area contributed by atoms with Crippen LogP contribution in [0.2, 0.25) is 0 Å². The fourth-order valence-corrected chi connectivity index (χ4v) is 10.4. The Morgan fingerprint density at radius 1 is 0.951 bits per heavy atom. The van der Waals surface area contributed by atoms with Gasteiger partial charge in [-0.3, -0.25) is 10.1 Å². The largest absolute Gasteiger partial charge is 0.507 e. The molecule has 2 unspecified atom stereocenters. The number of phenols is 1. The first-order chi connectivity index (χ1) is 30.5. The molecule has 318 valence electrons. The number of para-hydroxylation sites is 1. The van der Waals surface area contributed by atoms with Crippen LogP contribution >= 0.6 is 0 Å². The number of halogens is 1. The molecule has 1 saturated carbocycles. The van der Waals surface area contributed by atoms with E-state index in [0.717, 1.165) is 68.8 Å². The van der Waals surface area contributed by atoms with Crippen molar-refractivity contribution in [2.24, 2.45) is 0 Å². The molecule has 12 heteroatoms. The summed E-state index contributed by atoms with van der Waals surface area (Å²) in [6, 6.07) is 21.9. The summed E-state index contributed by atoms with van der Waals surface area (Å²) in [4.78, 5) is 22.1. The van der Waals surface area contributed by atoms with Crippen LogP contribution in [0.4, 0.5) is 21.6 Å². The Bertz CT molecular complexity index is 2530. The van der Waals surface area contributed by atoms with Gasteiger partial charge in [0, 0.05) is 119 Å². The van der Waals surface area contributed by atoms with Crippen molar-refractivity contribution in [3.63, 3.8) is 0 Å². The highest BCUT2D eigenvalue weighted by atomic mass is 19.1. The molecule has 1 aliphatic carbocycles. The highest BCUT2D eigenvalue weighted by Crippen LogP contribution is 2.46. The fourth-order valence-electron chi connectivity index (χ4n) is 10.4. The van der Waals surface area contributed by atoms with Gasteiger partial charge in [-0.15, -0.1) is 10.2 Å². The number of hydrogen-bond acceptors (Lipinski definition) is 9. The standard InChI is InChI=1S/C49H58FN9O2/c1-33-26-35(11-13-39(33)36-6-4-20-57(29-36)45-28-43(53-54-47(45)51)40-7-2-3-8-46(40)60)48(61)56-24-17-49(50,18-25-56)31-55-22-15-37(16-23-55)59-30-42(34-9-10-34)41-27-38(12-14-44(41)59)58-21-5-19-52-32-58/h2-3,5,7-8,11-14,21,26-28,30,34,36-37,52,60H,4,6,9-10,15-20,22-25,29,31-32H2,1H3,(H2,51,54)/i19D,32D/t19?,32-,36?/m1/s1. The van der Waals surface area contributed by atoms with Crippen LogP contribution in [0.5, 0.6) is 5.75 Å². The number of anilines is 3. The van der Waals surface area contributed by atoms with Gasteiger partial charge in [0.15, 0.2) is 5.82 Å². The average molecular weight is 826 g/mol. The molecule has 4 aliphatic heterocycles. The quantitative estimate of drug-likeness (QED) is 0.136. The lowest BCUT2D eigenvalue weighted by atomic mass is 9.86. The van der Waals surface area contributed by atoms with Gasteiger partial charge in [-0.1, -0.05) is 24.3 Å². The van der Waals surface area contributed by atoms with E-state index < -0.39 is 18.8 Å². The van der Waals surface area contributed by atoms with Crippen molar-refractivity contribution in [3.05, 3.63) is 107 Å². The maximum atomic E-state index is 16.5. The maximum absolute atomic E-state index is 16.5. The van der Waals surface area contributed by atoms with Crippen molar-refractivity contribution in [2.75, 3.05) is 74.5 Å². The number of nitrogens with two attached hydrogens (primary N) is 1. The summed E-state index contributed by atoms with van der Waals surface area (Å²) in [5, 5.41) is 23.1. The zero-order valence-corrected chi connectivity index (χ0v) is 35.0. The highest BCUT2D eigenvalue weighted by Gasteiger charge is 2.39. The smallest absolute Gasteiger partial charge is 0.253 e. The van der Waals surface area contributed by atoms with Gasteiger partial charge >= 0.3 is 0 Å². The summed E-state index contributed by atoms with van der Waals surface area (Å²) < 4.78 is 35.4. The number of rotatable bonds is 9. The number of aromatic nitrogens is 3. The number of piperidine rings is 3. The Hall–Kier alpha value is -5.46. The predicted molar refractivity (Wildman–Crippen MR) is 241 cm³/mol. The normalized spacial score (nSPS) is 24.2. The molecule has 11 nitrogen and oxygen atoms in total.